The molecule has 4 aromatic carbocycles. The number of hydrogen-bond acceptors (Lipinski definition) is 11. The van der Waals surface area contributed by atoms with Crippen molar-refractivity contribution in [3.63, 3.8) is 0 Å². The van der Waals surface area contributed by atoms with Gasteiger partial charge in [-0.05, 0) is 67.3 Å². The molecule has 1 aliphatic heterocycles. The second kappa shape index (κ2) is 20.5. The maximum atomic E-state index is 14.3. The molecule has 4 amide bonds. The van der Waals surface area contributed by atoms with Crippen LogP contribution in [0, 0.1) is 0 Å². The molecule has 12 nitrogen and oxygen atoms in total. The van der Waals surface area contributed by atoms with E-state index in [1.807, 2.05) is 109 Å². The van der Waals surface area contributed by atoms with Crippen LogP contribution in [-0.2, 0) is 38.1 Å². The fourth-order valence-electron chi connectivity index (χ4n) is 6.55. The number of ether oxygens (including phenoxy) is 4. The van der Waals surface area contributed by atoms with E-state index >= 15 is 0 Å². The van der Waals surface area contributed by atoms with E-state index in [1.54, 1.807) is 20.8 Å². The number of thioether (sulfide) groups is 2. The molecule has 0 saturated heterocycles. The van der Waals surface area contributed by atoms with Gasteiger partial charge in [-0.1, -0.05) is 108 Å². The fourth-order valence-corrected chi connectivity index (χ4v) is 8.59. The normalized spacial score (nSPS) is 14.2. The first-order chi connectivity index (χ1) is 28.5. The summed E-state index contributed by atoms with van der Waals surface area (Å²) in [5.74, 6) is -2.53. The van der Waals surface area contributed by atoms with E-state index < -0.39 is 42.0 Å². The number of rotatable bonds is 19. The molecule has 1 atom stereocenters. The Bertz CT molecular complexity index is 2050. The van der Waals surface area contributed by atoms with Crippen molar-refractivity contribution in [2.24, 2.45) is 0 Å². The summed E-state index contributed by atoms with van der Waals surface area (Å²) in [7, 11) is 0. The zero-order valence-corrected chi connectivity index (χ0v) is 34.8. The number of amides is 4. The van der Waals surface area contributed by atoms with Crippen LogP contribution >= 0.6 is 23.5 Å². The summed E-state index contributed by atoms with van der Waals surface area (Å²) in [5.41, 5.74) is 3.67. The molecule has 0 aromatic heterocycles. The predicted octanol–water partition coefficient (Wildman–Crippen LogP) is 6.94. The Morgan fingerprint density at radius 2 is 1.19 bits per heavy atom. The van der Waals surface area contributed by atoms with Crippen molar-refractivity contribution in [3.8, 4) is 11.1 Å². The molecule has 0 bridgehead atoms. The number of hydrogen-bond donors (Lipinski definition) is 2. The van der Waals surface area contributed by atoms with Crippen LogP contribution in [0.3, 0.4) is 0 Å². The zero-order chi connectivity index (χ0) is 41.8. The highest BCUT2D eigenvalue weighted by atomic mass is 32.2. The third-order valence-corrected chi connectivity index (χ3v) is 11.5. The lowest BCUT2D eigenvalue weighted by Crippen LogP contribution is -2.55. The van der Waals surface area contributed by atoms with Gasteiger partial charge in [-0.25, -0.2) is 4.79 Å². The van der Waals surface area contributed by atoms with Crippen molar-refractivity contribution < 1.29 is 42.9 Å². The number of esters is 1. The highest BCUT2D eigenvalue weighted by Crippen LogP contribution is 2.45. The molecule has 0 saturated carbocycles. The van der Waals surface area contributed by atoms with Crippen molar-refractivity contribution in [1.29, 1.82) is 0 Å². The molecule has 2 aliphatic rings. The van der Waals surface area contributed by atoms with E-state index in [-0.39, 0.29) is 67.7 Å². The Morgan fingerprint density at radius 1 is 0.678 bits per heavy atom. The third-order valence-electron chi connectivity index (χ3n) is 9.14. The molecule has 0 spiro atoms. The van der Waals surface area contributed by atoms with Crippen molar-refractivity contribution in [3.05, 3.63) is 130 Å². The first kappa shape index (κ1) is 43.2. The largest absolute Gasteiger partial charge is 0.460 e. The van der Waals surface area contributed by atoms with Gasteiger partial charge in [-0.2, -0.15) is 0 Å². The summed E-state index contributed by atoms with van der Waals surface area (Å²) in [6.45, 7) is 5.75. The molecule has 2 N–H and O–H groups in total. The Morgan fingerprint density at radius 3 is 1.73 bits per heavy atom. The number of carbonyl (C=O) groups excluding carboxylic acids is 5. The summed E-state index contributed by atoms with van der Waals surface area (Å²) in [5, 5.41) is 5.41. The average molecular weight is 838 g/mol. The van der Waals surface area contributed by atoms with Gasteiger partial charge in [0, 0.05) is 22.3 Å². The first-order valence-electron chi connectivity index (χ1n) is 19.3. The Balaban J connectivity index is 1.11. The molecule has 1 aliphatic carbocycles. The van der Waals surface area contributed by atoms with Crippen molar-refractivity contribution >= 4 is 53.3 Å². The molecule has 1 heterocycles. The summed E-state index contributed by atoms with van der Waals surface area (Å²) >= 11 is 2.28. The van der Waals surface area contributed by atoms with Crippen molar-refractivity contribution in [2.75, 3.05) is 46.1 Å². The summed E-state index contributed by atoms with van der Waals surface area (Å²) in [4.78, 5) is 70.4. The summed E-state index contributed by atoms with van der Waals surface area (Å²) in [6, 6.07) is 32.9. The van der Waals surface area contributed by atoms with Gasteiger partial charge in [0.1, 0.15) is 18.2 Å². The van der Waals surface area contributed by atoms with E-state index in [9.17, 15) is 24.0 Å². The van der Waals surface area contributed by atoms with Crippen LogP contribution < -0.4 is 10.6 Å². The zero-order valence-electron chi connectivity index (χ0n) is 33.1. The summed E-state index contributed by atoms with van der Waals surface area (Å²) in [6.07, 6.45) is -0.692. The van der Waals surface area contributed by atoms with Gasteiger partial charge >= 0.3 is 12.1 Å². The Labute approximate surface area is 352 Å². The predicted molar refractivity (Wildman–Crippen MR) is 225 cm³/mol. The maximum absolute atomic E-state index is 14.3. The van der Waals surface area contributed by atoms with Crippen LogP contribution in [0.15, 0.2) is 129 Å². The monoisotopic (exact) mass is 837 g/mol. The average Bonchev–Trinajstić information content (AvgIpc) is 3.66. The van der Waals surface area contributed by atoms with Gasteiger partial charge in [-0.15, -0.1) is 0 Å². The Hall–Kier alpha value is -5.41. The number of nitrogens with zero attached hydrogens (tertiary/aromatic N) is 1. The van der Waals surface area contributed by atoms with Gasteiger partial charge in [0.15, 0.2) is 0 Å². The van der Waals surface area contributed by atoms with E-state index in [0.29, 0.717) is 0 Å². The molecule has 14 heteroatoms. The van der Waals surface area contributed by atoms with Crippen LogP contribution in [-0.4, -0.2) is 92.5 Å². The van der Waals surface area contributed by atoms with Crippen LogP contribution in [0.1, 0.15) is 44.2 Å². The van der Waals surface area contributed by atoms with E-state index in [0.717, 1.165) is 60.5 Å². The number of alkyl carbamates (subject to hydrolysis) is 1. The quantitative estimate of drug-likeness (QED) is 0.0575. The first-order valence-corrected chi connectivity index (χ1v) is 21.0. The minimum Gasteiger partial charge on any atom is -0.460 e. The van der Waals surface area contributed by atoms with E-state index in [2.05, 4.69) is 10.6 Å². The third kappa shape index (κ3) is 11.6. The minimum absolute atomic E-state index is 0.0393. The molecule has 0 unspecified atom stereocenters. The van der Waals surface area contributed by atoms with E-state index in [1.165, 1.54) is 0 Å². The van der Waals surface area contributed by atoms with Gasteiger partial charge in [-0.3, -0.25) is 24.1 Å². The number of carbonyl (C=O) groups is 5. The number of benzene rings is 4. The van der Waals surface area contributed by atoms with Gasteiger partial charge in [0.05, 0.1) is 49.2 Å². The molecule has 0 fully saturated rings. The van der Waals surface area contributed by atoms with Crippen molar-refractivity contribution in [2.45, 2.75) is 54.5 Å². The van der Waals surface area contributed by atoms with Crippen LogP contribution in [0.25, 0.3) is 11.1 Å². The van der Waals surface area contributed by atoms with Gasteiger partial charge in [0.2, 0.25) is 5.91 Å². The molecule has 59 heavy (non-hydrogen) atoms. The lowest BCUT2D eigenvalue weighted by atomic mass is 9.98. The number of nitrogens with one attached hydrogen (secondary N) is 2. The maximum Gasteiger partial charge on any atom is 0.407 e. The second-order valence-corrected chi connectivity index (χ2v) is 16.7. The number of imide groups is 1. The second-order valence-electron chi connectivity index (χ2n) is 14.5. The molecule has 308 valence electrons. The lowest BCUT2D eigenvalue weighted by molar-refractivity contribution is -0.156. The highest BCUT2D eigenvalue weighted by Gasteiger charge is 2.45. The molecule has 0 radical (unpaired) electrons. The van der Waals surface area contributed by atoms with E-state index in [4.69, 9.17) is 18.9 Å². The fraction of sp³-hybridized carbons (Fsp3) is 0.311. The lowest BCUT2D eigenvalue weighted by Gasteiger charge is -2.26. The van der Waals surface area contributed by atoms with Crippen LogP contribution in [0.2, 0.25) is 0 Å². The number of fused-ring (bicyclic) bond motifs is 3. The van der Waals surface area contributed by atoms with Crippen molar-refractivity contribution in [1.82, 2.24) is 15.5 Å². The molecule has 6 rings (SSSR count). The molecule has 4 aromatic rings. The standard InChI is InChI=1S/C45H47N3O9S2/c1-45(2,3)57-38(49)22-24-54-26-27-55-25-23-46-41(50)37(28-47-44(53)56-29-36-34-20-12-10-18-32(34)33-19-11-13-21-35(33)36)48-42(51)39(58-30-14-6-4-7-15-30)40(43(48)52)59-31-16-8-5-9-17-31/h4-21,36-37H,22-29H2,1-3H3,(H,46,50)(H,47,53)/t37-/m0/s1. The SMILES string of the molecule is CC(C)(C)OC(=O)CCOCCOCCNC(=O)[C@H](CNC(=O)OCC1c2ccccc2-c2ccccc21)N1C(=O)C(Sc2ccccc2)=C(Sc2ccccc2)C1=O. The Kier molecular flexibility index (Phi) is 15.0. The van der Waals surface area contributed by atoms with Crippen LogP contribution in [0.5, 0.6) is 0 Å². The minimum atomic E-state index is -1.42. The van der Waals surface area contributed by atoms with Gasteiger partial charge in [0.25, 0.3) is 11.8 Å². The summed E-state index contributed by atoms with van der Waals surface area (Å²) < 4.78 is 22.1. The van der Waals surface area contributed by atoms with Crippen LogP contribution in [0.4, 0.5) is 4.79 Å². The molecular formula is C45H47N3O9S2. The molecular weight excluding hydrogens is 791 g/mol. The smallest absolute Gasteiger partial charge is 0.407 e. The van der Waals surface area contributed by atoms with Gasteiger partial charge < -0.3 is 29.6 Å². The topological polar surface area (TPSA) is 150 Å². The highest BCUT2D eigenvalue weighted by molar-refractivity contribution is 8.08.